The van der Waals surface area contributed by atoms with Crippen LogP contribution in [0.25, 0.3) is 0 Å². The van der Waals surface area contributed by atoms with Gasteiger partial charge in [-0.25, -0.2) is 0 Å². The molecular weight excluding hydrogens is 244 g/mol. The zero-order valence-electron chi connectivity index (χ0n) is 12.7. The second-order valence-electron chi connectivity index (χ2n) is 7.44. The van der Waals surface area contributed by atoms with Crippen molar-refractivity contribution in [1.82, 2.24) is 0 Å². The van der Waals surface area contributed by atoms with Crippen LogP contribution in [-0.4, -0.2) is 27.4 Å². The van der Waals surface area contributed by atoms with Gasteiger partial charge < -0.3 is 13.6 Å². The van der Waals surface area contributed by atoms with E-state index in [4.69, 9.17) is 13.6 Å². The summed E-state index contributed by atoms with van der Waals surface area (Å²) in [4.78, 5) is 0. The van der Waals surface area contributed by atoms with E-state index in [1.807, 2.05) is 6.92 Å². The zero-order valence-corrected chi connectivity index (χ0v) is 13.7. The van der Waals surface area contributed by atoms with Gasteiger partial charge in [-0.15, -0.1) is 0 Å². The first kappa shape index (κ1) is 14.1. The molecule has 0 amide bonds. The number of ether oxygens (including phenoxy) is 1. The fraction of sp³-hybridized carbons (Fsp3) is 0.857. The maximum atomic E-state index is 6.51. The molecule has 3 nitrogen and oxygen atoms in total. The predicted molar refractivity (Wildman–Crippen MR) is 74.6 cm³/mol. The van der Waals surface area contributed by atoms with Crippen LogP contribution in [0, 0.1) is 0 Å². The molecular formula is C14H26O3Si. The molecule has 0 radical (unpaired) electrons. The van der Waals surface area contributed by atoms with Crippen molar-refractivity contribution in [2.24, 2.45) is 0 Å². The molecule has 0 saturated carbocycles. The molecule has 0 aromatic rings. The zero-order chi connectivity index (χ0) is 13.8. The van der Waals surface area contributed by atoms with Gasteiger partial charge in [0.1, 0.15) is 12.2 Å². The standard InChI is InChI=1S/C14H26O3Si/c1-10-8-11-12(16-10)9-15-18(17-11,13(2,3)4)14(5,6)7/h8,11-12H,9H2,1-7H3/t11-,12+/m0/s1. The predicted octanol–water partition coefficient (Wildman–Crippen LogP) is 3.75. The highest BCUT2D eigenvalue weighted by molar-refractivity contribution is 6.73. The summed E-state index contributed by atoms with van der Waals surface area (Å²) in [5.41, 5.74) is 0. The minimum atomic E-state index is -2.33. The molecule has 4 heteroatoms. The molecule has 0 unspecified atom stereocenters. The van der Waals surface area contributed by atoms with Crippen LogP contribution in [0.3, 0.4) is 0 Å². The second kappa shape index (κ2) is 4.08. The van der Waals surface area contributed by atoms with Gasteiger partial charge in [-0.05, 0) is 13.0 Å². The van der Waals surface area contributed by atoms with Gasteiger partial charge in [0.05, 0.1) is 12.4 Å². The summed E-state index contributed by atoms with van der Waals surface area (Å²) in [6.45, 7) is 16.0. The van der Waals surface area contributed by atoms with Crippen LogP contribution < -0.4 is 0 Å². The van der Waals surface area contributed by atoms with E-state index >= 15 is 0 Å². The lowest BCUT2D eigenvalue weighted by Gasteiger charge is -2.53. The molecule has 104 valence electrons. The summed E-state index contributed by atoms with van der Waals surface area (Å²) < 4.78 is 18.5. The van der Waals surface area contributed by atoms with Crippen LogP contribution in [0.15, 0.2) is 11.8 Å². The van der Waals surface area contributed by atoms with Gasteiger partial charge in [0.2, 0.25) is 0 Å². The van der Waals surface area contributed by atoms with E-state index in [2.05, 4.69) is 47.6 Å². The summed E-state index contributed by atoms with van der Waals surface area (Å²) in [6, 6.07) is 0. The Morgan fingerprint density at radius 2 is 1.67 bits per heavy atom. The fourth-order valence-corrected chi connectivity index (χ4v) is 8.15. The molecule has 2 heterocycles. The molecule has 0 spiro atoms. The molecule has 0 aromatic heterocycles. The van der Waals surface area contributed by atoms with Gasteiger partial charge in [0.15, 0.2) is 0 Å². The molecule has 1 saturated heterocycles. The highest BCUT2D eigenvalue weighted by Gasteiger charge is 2.62. The SMILES string of the molecule is CC1=C[C@@H]2O[Si](C(C)(C)C)(C(C)(C)C)OC[C@H]2O1. The molecule has 2 rings (SSSR count). The third-order valence-corrected chi connectivity index (χ3v) is 8.96. The Bertz CT molecular complexity index is 348. The van der Waals surface area contributed by atoms with Gasteiger partial charge in [-0.1, -0.05) is 41.5 Å². The van der Waals surface area contributed by atoms with Gasteiger partial charge in [0, 0.05) is 10.1 Å². The van der Waals surface area contributed by atoms with Crippen molar-refractivity contribution in [3.05, 3.63) is 11.8 Å². The molecule has 1 fully saturated rings. The maximum Gasteiger partial charge on any atom is 0.350 e. The van der Waals surface area contributed by atoms with Crippen LogP contribution in [0.4, 0.5) is 0 Å². The first-order valence-corrected chi connectivity index (χ1v) is 8.55. The Morgan fingerprint density at radius 1 is 1.11 bits per heavy atom. The lowest BCUT2D eigenvalue weighted by molar-refractivity contribution is -0.0495. The smallest absolute Gasteiger partial charge is 0.350 e. The van der Waals surface area contributed by atoms with Crippen molar-refractivity contribution in [1.29, 1.82) is 0 Å². The summed E-state index contributed by atoms with van der Waals surface area (Å²) in [7, 11) is -2.33. The molecule has 0 aromatic carbocycles. The van der Waals surface area contributed by atoms with Crippen molar-refractivity contribution < 1.29 is 13.6 Å². The van der Waals surface area contributed by atoms with Crippen LogP contribution in [0.5, 0.6) is 0 Å². The van der Waals surface area contributed by atoms with Crippen LogP contribution in [-0.2, 0) is 13.6 Å². The summed E-state index contributed by atoms with van der Waals surface area (Å²) in [5, 5.41) is 0.0844. The number of allylic oxidation sites excluding steroid dienone is 1. The van der Waals surface area contributed by atoms with Gasteiger partial charge in [0.25, 0.3) is 0 Å². The van der Waals surface area contributed by atoms with E-state index < -0.39 is 8.56 Å². The van der Waals surface area contributed by atoms with Crippen LogP contribution >= 0.6 is 0 Å². The van der Waals surface area contributed by atoms with Crippen molar-refractivity contribution >= 4 is 8.56 Å². The Kier molecular flexibility index (Phi) is 3.20. The Labute approximate surface area is 112 Å². The number of hydrogen-bond acceptors (Lipinski definition) is 3. The maximum absolute atomic E-state index is 6.51. The highest BCUT2D eigenvalue weighted by atomic mass is 28.4. The fourth-order valence-electron chi connectivity index (χ4n) is 3.26. The molecule has 0 N–H and O–H groups in total. The minimum absolute atomic E-state index is 0.0422. The van der Waals surface area contributed by atoms with E-state index in [9.17, 15) is 0 Å². The Morgan fingerprint density at radius 3 is 2.17 bits per heavy atom. The van der Waals surface area contributed by atoms with Gasteiger partial charge in [-0.3, -0.25) is 0 Å². The highest BCUT2D eigenvalue weighted by Crippen LogP contribution is 2.54. The largest absolute Gasteiger partial charge is 0.490 e. The second-order valence-corrected chi connectivity index (χ2v) is 12.2. The normalized spacial score (nSPS) is 31.6. The molecule has 2 aliphatic rings. The van der Waals surface area contributed by atoms with Crippen molar-refractivity contribution in [2.45, 2.75) is 70.8 Å². The third-order valence-electron chi connectivity index (χ3n) is 3.83. The number of rotatable bonds is 0. The van der Waals surface area contributed by atoms with Crippen LogP contribution in [0.2, 0.25) is 10.1 Å². The molecule has 0 bridgehead atoms. The molecule has 2 aliphatic heterocycles. The Balaban J connectivity index is 2.34. The van der Waals surface area contributed by atoms with E-state index in [0.717, 1.165) is 5.76 Å². The lowest BCUT2D eigenvalue weighted by atomic mass is 10.2. The van der Waals surface area contributed by atoms with Gasteiger partial charge in [-0.2, -0.15) is 0 Å². The first-order valence-electron chi connectivity index (χ1n) is 6.74. The molecule has 2 atom stereocenters. The molecule has 0 aliphatic carbocycles. The molecule has 18 heavy (non-hydrogen) atoms. The van der Waals surface area contributed by atoms with E-state index in [1.54, 1.807) is 0 Å². The van der Waals surface area contributed by atoms with E-state index in [1.165, 1.54) is 0 Å². The minimum Gasteiger partial charge on any atom is -0.490 e. The summed E-state index contributed by atoms with van der Waals surface area (Å²) in [6.07, 6.45) is 2.23. The quantitative estimate of drug-likeness (QED) is 0.627. The van der Waals surface area contributed by atoms with Crippen molar-refractivity contribution in [3.63, 3.8) is 0 Å². The van der Waals surface area contributed by atoms with Crippen molar-refractivity contribution in [2.75, 3.05) is 6.61 Å². The first-order chi connectivity index (χ1) is 8.07. The average Bonchev–Trinajstić information content (AvgIpc) is 2.52. The van der Waals surface area contributed by atoms with E-state index in [0.29, 0.717) is 6.61 Å². The number of hydrogen-bond donors (Lipinski definition) is 0. The topological polar surface area (TPSA) is 27.7 Å². The monoisotopic (exact) mass is 270 g/mol. The summed E-state index contributed by atoms with van der Waals surface area (Å²) in [5.74, 6) is 0.959. The Hall–Kier alpha value is -0.323. The van der Waals surface area contributed by atoms with E-state index in [-0.39, 0.29) is 22.3 Å². The third kappa shape index (κ3) is 2.04. The summed E-state index contributed by atoms with van der Waals surface area (Å²) >= 11 is 0. The lowest BCUT2D eigenvalue weighted by Crippen LogP contribution is -2.64. The average molecular weight is 270 g/mol. The van der Waals surface area contributed by atoms with Crippen LogP contribution in [0.1, 0.15) is 48.5 Å². The number of fused-ring (bicyclic) bond motifs is 1. The van der Waals surface area contributed by atoms with Crippen molar-refractivity contribution in [3.8, 4) is 0 Å². The van der Waals surface area contributed by atoms with Gasteiger partial charge >= 0.3 is 8.56 Å².